The van der Waals surface area contributed by atoms with Crippen molar-refractivity contribution in [1.82, 2.24) is 14.5 Å². The van der Waals surface area contributed by atoms with E-state index in [0.29, 0.717) is 5.95 Å². The molecule has 3 heterocycles. The van der Waals surface area contributed by atoms with E-state index in [0.717, 1.165) is 25.8 Å². The Bertz CT molecular complexity index is 1000. The molecule has 138 valence electrons. The number of anilines is 1. The van der Waals surface area contributed by atoms with Crippen LogP contribution in [0, 0.1) is 5.82 Å². The molecule has 6 heteroatoms. The van der Waals surface area contributed by atoms with E-state index in [1.54, 1.807) is 7.05 Å². The van der Waals surface area contributed by atoms with Gasteiger partial charge in [0, 0.05) is 31.9 Å². The van der Waals surface area contributed by atoms with E-state index in [4.69, 9.17) is 0 Å². The van der Waals surface area contributed by atoms with E-state index in [1.807, 2.05) is 18.2 Å². The Labute approximate surface area is 157 Å². The maximum Gasteiger partial charge on any atom is 0.255 e. The van der Waals surface area contributed by atoms with Gasteiger partial charge in [0.05, 0.1) is 0 Å². The molecule has 0 spiro atoms. The molecule has 1 aliphatic rings. The first-order chi connectivity index (χ1) is 13.1. The molecule has 27 heavy (non-hydrogen) atoms. The number of benzene rings is 1. The van der Waals surface area contributed by atoms with E-state index in [9.17, 15) is 9.18 Å². The molecule has 0 amide bonds. The van der Waals surface area contributed by atoms with Gasteiger partial charge in [-0.2, -0.15) is 0 Å². The van der Waals surface area contributed by atoms with Crippen LogP contribution in [0.4, 0.5) is 10.3 Å². The van der Waals surface area contributed by atoms with Crippen molar-refractivity contribution in [2.24, 2.45) is 7.05 Å². The summed E-state index contributed by atoms with van der Waals surface area (Å²) in [7, 11) is 1.71. The minimum Gasteiger partial charge on any atom is -0.339 e. The van der Waals surface area contributed by atoms with E-state index in [1.165, 1.54) is 34.5 Å². The van der Waals surface area contributed by atoms with Crippen LogP contribution in [0.3, 0.4) is 0 Å². The van der Waals surface area contributed by atoms with E-state index >= 15 is 0 Å². The SMILES string of the molecule is Cn1c(N2CCC[C@@H]2Cc2ccccc2)nc(-c2ncccc2F)cc1=O. The highest BCUT2D eigenvalue weighted by Gasteiger charge is 2.28. The lowest BCUT2D eigenvalue weighted by Crippen LogP contribution is -2.36. The molecule has 3 aromatic rings. The van der Waals surface area contributed by atoms with Crippen LogP contribution in [0.1, 0.15) is 18.4 Å². The Kier molecular flexibility index (Phi) is 4.71. The third-order valence-corrected chi connectivity index (χ3v) is 5.06. The maximum atomic E-state index is 14.2. The maximum absolute atomic E-state index is 14.2. The highest BCUT2D eigenvalue weighted by atomic mass is 19.1. The van der Waals surface area contributed by atoms with Gasteiger partial charge >= 0.3 is 0 Å². The van der Waals surface area contributed by atoms with E-state index < -0.39 is 5.82 Å². The standard InChI is InChI=1S/C21H21FN4O/c1-25-19(27)14-18(20-17(22)10-5-11-23-20)24-21(25)26-12-6-9-16(26)13-15-7-3-2-4-8-15/h2-5,7-8,10-11,14,16H,6,9,12-13H2,1H3/t16-/m1/s1. The monoisotopic (exact) mass is 364 g/mol. The summed E-state index contributed by atoms with van der Waals surface area (Å²) in [5, 5.41) is 0. The second kappa shape index (κ2) is 7.31. The normalized spacial score (nSPS) is 16.7. The van der Waals surface area contributed by atoms with Gasteiger partial charge in [0.1, 0.15) is 11.4 Å². The summed E-state index contributed by atoms with van der Waals surface area (Å²) < 4.78 is 15.7. The van der Waals surface area contributed by atoms with Crippen LogP contribution in [0.2, 0.25) is 0 Å². The van der Waals surface area contributed by atoms with Crippen molar-refractivity contribution in [3.05, 3.63) is 76.5 Å². The van der Waals surface area contributed by atoms with Crippen LogP contribution in [0.15, 0.2) is 59.5 Å². The van der Waals surface area contributed by atoms with Crippen molar-refractivity contribution in [1.29, 1.82) is 0 Å². The van der Waals surface area contributed by atoms with Crippen LogP contribution >= 0.6 is 0 Å². The number of hydrogen-bond acceptors (Lipinski definition) is 4. The van der Waals surface area contributed by atoms with Crippen molar-refractivity contribution in [2.75, 3.05) is 11.4 Å². The highest BCUT2D eigenvalue weighted by Crippen LogP contribution is 2.27. The van der Waals surface area contributed by atoms with Crippen LogP contribution in [0.5, 0.6) is 0 Å². The molecule has 0 radical (unpaired) electrons. The Morgan fingerprint density at radius 2 is 2.00 bits per heavy atom. The molecule has 4 rings (SSSR count). The van der Waals surface area contributed by atoms with Gasteiger partial charge in [0.2, 0.25) is 5.95 Å². The van der Waals surface area contributed by atoms with Crippen molar-refractivity contribution >= 4 is 5.95 Å². The number of rotatable bonds is 4. The third kappa shape index (κ3) is 3.47. The van der Waals surface area contributed by atoms with Crippen LogP contribution < -0.4 is 10.5 Å². The number of halogens is 1. The lowest BCUT2D eigenvalue weighted by atomic mass is 10.0. The summed E-state index contributed by atoms with van der Waals surface area (Å²) in [6, 6.07) is 14.8. The molecule has 1 saturated heterocycles. The summed E-state index contributed by atoms with van der Waals surface area (Å²) in [6.07, 6.45) is 4.46. The summed E-state index contributed by atoms with van der Waals surface area (Å²) in [4.78, 5) is 23.4. The Hall–Kier alpha value is -3.02. The second-order valence-electron chi connectivity index (χ2n) is 6.85. The van der Waals surface area contributed by atoms with Gasteiger partial charge in [-0.25, -0.2) is 9.37 Å². The van der Waals surface area contributed by atoms with Crippen molar-refractivity contribution < 1.29 is 4.39 Å². The molecule has 0 unspecified atom stereocenters. The van der Waals surface area contributed by atoms with E-state index in [-0.39, 0.29) is 23.0 Å². The second-order valence-corrected chi connectivity index (χ2v) is 6.85. The molecule has 1 atom stereocenters. The zero-order chi connectivity index (χ0) is 18.8. The van der Waals surface area contributed by atoms with Gasteiger partial charge < -0.3 is 4.90 Å². The summed E-state index contributed by atoms with van der Waals surface area (Å²) in [5.74, 6) is 0.0902. The predicted molar refractivity (Wildman–Crippen MR) is 103 cm³/mol. The largest absolute Gasteiger partial charge is 0.339 e. The first-order valence-electron chi connectivity index (χ1n) is 9.13. The first kappa shape index (κ1) is 17.4. The fourth-order valence-electron chi connectivity index (χ4n) is 3.68. The van der Waals surface area contributed by atoms with Gasteiger partial charge in [-0.1, -0.05) is 30.3 Å². The molecule has 2 aromatic heterocycles. The average Bonchev–Trinajstić information content (AvgIpc) is 3.13. The lowest BCUT2D eigenvalue weighted by Gasteiger charge is -2.27. The number of hydrogen-bond donors (Lipinski definition) is 0. The van der Waals surface area contributed by atoms with Gasteiger partial charge in [-0.05, 0) is 37.0 Å². The number of nitrogens with zero attached hydrogens (tertiary/aromatic N) is 4. The van der Waals surface area contributed by atoms with Gasteiger partial charge in [0.25, 0.3) is 5.56 Å². The lowest BCUT2D eigenvalue weighted by molar-refractivity contribution is 0.621. The summed E-state index contributed by atoms with van der Waals surface area (Å²) in [6.45, 7) is 0.825. The molecular weight excluding hydrogens is 343 g/mol. The Morgan fingerprint density at radius 3 is 2.78 bits per heavy atom. The summed E-state index contributed by atoms with van der Waals surface area (Å²) in [5.41, 5.74) is 1.42. The van der Waals surface area contributed by atoms with Crippen molar-refractivity contribution in [2.45, 2.75) is 25.3 Å². The molecular formula is C21H21FN4O. The van der Waals surface area contributed by atoms with Gasteiger partial charge in [-0.3, -0.25) is 14.3 Å². The number of aromatic nitrogens is 3. The van der Waals surface area contributed by atoms with Gasteiger partial charge in [0.15, 0.2) is 5.82 Å². The molecule has 0 saturated carbocycles. The topological polar surface area (TPSA) is 51.0 Å². The first-order valence-corrected chi connectivity index (χ1v) is 9.13. The van der Waals surface area contributed by atoms with Crippen molar-refractivity contribution in [3.8, 4) is 11.4 Å². The fraction of sp³-hybridized carbons (Fsp3) is 0.286. The zero-order valence-corrected chi connectivity index (χ0v) is 15.2. The molecule has 0 aliphatic carbocycles. The Balaban J connectivity index is 1.72. The molecule has 1 aromatic carbocycles. The summed E-state index contributed by atoms with van der Waals surface area (Å²) >= 11 is 0. The minimum absolute atomic E-state index is 0.107. The smallest absolute Gasteiger partial charge is 0.255 e. The predicted octanol–water partition coefficient (Wildman–Crippen LogP) is 3.19. The molecule has 5 nitrogen and oxygen atoms in total. The zero-order valence-electron chi connectivity index (χ0n) is 15.2. The average molecular weight is 364 g/mol. The highest BCUT2D eigenvalue weighted by molar-refractivity contribution is 5.56. The van der Waals surface area contributed by atoms with Crippen LogP contribution in [0.25, 0.3) is 11.4 Å². The molecule has 0 N–H and O–H groups in total. The fourth-order valence-corrected chi connectivity index (χ4v) is 3.68. The van der Waals surface area contributed by atoms with Gasteiger partial charge in [-0.15, -0.1) is 0 Å². The van der Waals surface area contributed by atoms with Crippen LogP contribution in [-0.2, 0) is 13.5 Å². The van der Waals surface area contributed by atoms with Crippen LogP contribution in [-0.4, -0.2) is 27.1 Å². The quantitative estimate of drug-likeness (QED) is 0.713. The van der Waals surface area contributed by atoms with E-state index in [2.05, 4.69) is 27.0 Å². The molecule has 1 aliphatic heterocycles. The molecule has 0 bridgehead atoms. The number of pyridine rings is 1. The van der Waals surface area contributed by atoms with Crippen molar-refractivity contribution in [3.63, 3.8) is 0 Å². The Morgan fingerprint density at radius 1 is 1.19 bits per heavy atom. The third-order valence-electron chi connectivity index (χ3n) is 5.06. The molecule has 1 fully saturated rings. The minimum atomic E-state index is -0.480.